The van der Waals surface area contributed by atoms with Gasteiger partial charge in [0.2, 0.25) is 5.91 Å². The van der Waals surface area contributed by atoms with E-state index in [4.69, 9.17) is 11.6 Å². The lowest BCUT2D eigenvalue weighted by Gasteiger charge is -2.22. The lowest BCUT2D eigenvalue weighted by atomic mass is 10.0. The second-order valence-electron chi connectivity index (χ2n) is 4.81. The molecular weight excluding hydrogens is 294 g/mol. The molecule has 0 aliphatic rings. The van der Waals surface area contributed by atoms with Crippen LogP contribution in [0.3, 0.4) is 0 Å². The first kappa shape index (κ1) is 17.1. The highest BCUT2D eigenvalue weighted by Gasteiger charge is 2.19. The largest absolute Gasteiger partial charge is 0.388 e. The van der Waals surface area contributed by atoms with Gasteiger partial charge in [-0.2, -0.15) is 11.8 Å². The molecule has 1 unspecified atom stereocenters. The van der Waals surface area contributed by atoms with Gasteiger partial charge in [0.1, 0.15) is 0 Å². The summed E-state index contributed by atoms with van der Waals surface area (Å²) in [5.41, 5.74) is -0.0878. The number of thioether (sulfide) groups is 1. The van der Waals surface area contributed by atoms with Crippen molar-refractivity contribution in [3.8, 4) is 0 Å². The average Bonchev–Trinajstić information content (AvgIpc) is 2.42. The van der Waals surface area contributed by atoms with Crippen molar-refractivity contribution in [1.29, 1.82) is 0 Å². The van der Waals surface area contributed by atoms with Crippen molar-refractivity contribution in [3.05, 3.63) is 40.9 Å². The second-order valence-corrected chi connectivity index (χ2v) is 6.21. The summed E-state index contributed by atoms with van der Waals surface area (Å²) in [5.74, 6) is 0.618. The molecule has 1 amide bonds. The Bertz CT molecular complexity index is 475. The van der Waals surface area contributed by atoms with Gasteiger partial charge in [0.25, 0.3) is 0 Å². The summed E-state index contributed by atoms with van der Waals surface area (Å²) >= 11 is 7.66. The number of aliphatic hydroxyl groups is 1. The van der Waals surface area contributed by atoms with Crippen molar-refractivity contribution in [2.75, 3.05) is 18.6 Å². The Labute approximate surface area is 129 Å². The van der Waals surface area contributed by atoms with E-state index in [1.54, 1.807) is 30.8 Å². The van der Waals surface area contributed by atoms with E-state index in [1.165, 1.54) is 6.08 Å². The maximum absolute atomic E-state index is 11.7. The Morgan fingerprint density at radius 1 is 1.50 bits per heavy atom. The lowest BCUT2D eigenvalue weighted by molar-refractivity contribution is -0.117. The van der Waals surface area contributed by atoms with Gasteiger partial charge in [0.05, 0.1) is 5.60 Å². The highest BCUT2D eigenvalue weighted by molar-refractivity contribution is 7.98. The molecule has 3 nitrogen and oxygen atoms in total. The summed E-state index contributed by atoms with van der Waals surface area (Å²) in [6.45, 7) is 1.96. The molecule has 2 N–H and O–H groups in total. The number of amides is 1. The first-order valence-corrected chi connectivity index (χ1v) is 8.13. The monoisotopic (exact) mass is 313 g/mol. The van der Waals surface area contributed by atoms with Gasteiger partial charge < -0.3 is 10.4 Å². The van der Waals surface area contributed by atoms with Crippen LogP contribution in [0.4, 0.5) is 0 Å². The van der Waals surface area contributed by atoms with Crippen LogP contribution in [0, 0.1) is 0 Å². The number of halogens is 1. The number of carbonyl (C=O) groups is 1. The number of nitrogens with one attached hydrogen (secondary N) is 1. The summed E-state index contributed by atoms with van der Waals surface area (Å²) in [5, 5.41) is 13.3. The SMILES string of the molecule is CSCCC(C)(O)CNC(=O)C=Cc1ccccc1Cl. The Morgan fingerprint density at radius 2 is 2.20 bits per heavy atom. The second kappa shape index (κ2) is 8.35. The predicted molar refractivity (Wildman–Crippen MR) is 87.1 cm³/mol. The van der Waals surface area contributed by atoms with E-state index in [9.17, 15) is 9.90 Å². The van der Waals surface area contributed by atoms with Gasteiger partial charge in [0, 0.05) is 17.6 Å². The highest BCUT2D eigenvalue weighted by Crippen LogP contribution is 2.16. The molecule has 0 fully saturated rings. The van der Waals surface area contributed by atoms with E-state index in [1.807, 2.05) is 24.5 Å². The smallest absolute Gasteiger partial charge is 0.244 e. The predicted octanol–water partition coefficient (Wildman–Crippen LogP) is 2.97. The van der Waals surface area contributed by atoms with Crippen LogP contribution in [0.1, 0.15) is 18.9 Å². The fourth-order valence-corrected chi connectivity index (χ4v) is 2.37. The van der Waals surface area contributed by atoms with Crippen LogP contribution in [0.25, 0.3) is 6.08 Å². The number of carbonyl (C=O) groups excluding carboxylic acids is 1. The fraction of sp³-hybridized carbons (Fsp3) is 0.400. The molecule has 1 atom stereocenters. The van der Waals surface area contributed by atoms with Gasteiger partial charge in [-0.3, -0.25) is 4.79 Å². The zero-order chi connectivity index (χ0) is 15.0. The molecule has 0 aliphatic carbocycles. The quantitative estimate of drug-likeness (QED) is 0.761. The van der Waals surface area contributed by atoms with Crippen molar-refractivity contribution in [2.24, 2.45) is 0 Å². The molecule has 0 aromatic heterocycles. The van der Waals surface area contributed by atoms with Gasteiger partial charge in [-0.1, -0.05) is 29.8 Å². The van der Waals surface area contributed by atoms with Crippen molar-refractivity contribution >= 4 is 35.3 Å². The summed E-state index contributed by atoms with van der Waals surface area (Å²) in [6, 6.07) is 7.30. The van der Waals surface area contributed by atoms with E-state index in [2.05, 4.69) is 5.32 Å². The maximum Gasteiger partial charge on any atom is 0.244 e. The van der Waals surface area contributed by atoms with Crippen LogP contribution in [0.15, 0.2) is 30.3 Å². The molecule has 0 heterocycles. The van der Waals surface area contributed by atoms with Crippen LogP contribution in [-0.4, -0.2) is 35.2 Å². The normalized spacial score (nSPS) is 14.2. The molecule has 0 bridgehead atoms. The van der Waals surface area contributed by atoms with Crippen LogP contribution < -0.4 is 5.32 Å². The molecule has 0 saturated carbocycles. The summed E-state index contributed by atoms with van der Waals surface area (Å²) in [4.78, 5) is 11.7. The summed E-state index contributed by atoms with van der Waals surface area (Å²) < 4.78 is 0. The molecule has 1 aromatic rings. The van der Waals surface area contributed by atoms with Crippen LogP contribution in [0.2, 0.25) is 5.02 Å². The Balaban J connectivity index is 2.46. The van der Waals surface area contributed by atoms with Crippen molar-refractivity contribution < 1.29 is 9.90 Å². The third kappa shape index (κ3) is 6.46. The van der Waals surface area contributed by atoms with Gasteiger partial charge >= 0.3 is 0 Å². The van der Waals surface area contributed by atoms with E-state index in [-0.39, 0.29) is 12.5 Å². The standard InChI is InChI=1S/C15H20ClNO2S/c1-15(19,9-10-20-2)11-17-14(18)8-7-12-5-3-4-6-13(12)16/h3-8,19H,9-11H2,1-2H3,(H,17,18). The van der Waals surface area contributed by atoms with E-state index in [0.717, 1.165) is 11.3 Å². The van der Waals surface area contributed by atoms with Gasteiger partial charge in [-0.05, 0) is 43.1 Å². The van der Waals surface area contributed by atoms with Gasteiger partial charge in [0.15, 0.2) is 0 Å². The molecule has 1 rings (SSSR count). The minimum absolute atomic E-state index is 0.235. The lowest BCUT2D eigenvalue weighted by Crippen LogP contribution is -2.40. The molecule has 20 heavy (non-hydrogen) atoms. The van der Waals surface area contributed by atoms with E-state index in [0.29, 0.717) is 11.4 Å². The van der Waals surface area contributed by atoms with E-state index >= 15 is 0 Å². The van der Waals surface area contributed by atoms with Crippen molar-refractivity contribution in [3.63, 3.8) is 0 Å². The minimum Gasteiger partial charge on any atom is -0.388 e. The zero-order valence-electron chi connectivity index (χ0n) is 11.7. The molecule has 5 heteroatoms. The molecule has 110 valence electrons. The van der Waals surface area contributed by atoms with Gasteiger partial charge in [-0.25, -0.2) is 0 Å². The number of benzene rings is 1. The van der Waals surface area contributed by atoms with Crippen LogP contribution >= 0.6 is 23.4 Å². The third-order valence-electron chi connectivity index (χ3n) is 2.81. The highest BCUT2D eigenvalue weighted by atomic mass is 35.5. The Hall–Kier alpha value is -0.970. The first-order chi connectivity index (χ1) is 9.44. The number of rotatable bonds is 7. The van der Waals surface area contributed by atoms with Gasteiger partial charge in [-0.15, -0.1) is 0 Å². The average molecular weight is 314 g/mol. The Kier molecular flexibility index (Phi) is 7.13. The maximum atomic E-state index is 11.7. The summed E-state index contributed by atoms with van der Waals surface area (Å²) in [7, 11) is 0. The van der Waals surface area contributed by atoms with Crippen molar-refractivity contribution in [2.45, 2.75) is 18.9 Å². The molecule has 0 saturated heterocycles. The molecule has 0 spiro atoms. The van der Waals surface area contributed by atoms with Crippen molar-refractivity contribution in [1.82, 2.24) is 5.32 Å². The third-order valence-corrected chi connectivity index (χ3v) is 3.76. The first-order valence-electron chi connectivity index (χ1n) is 6.36. The molecule has 1 aromatic carbocycles. The molecule has 0 radical (unpaired) electrons. The number of hydrogen-bond acceptors (Lipinski definition) is 3. The minimum atomic E-state index is -0.878. The fourth-order valence-electron chi connectivity index (χ4n) is 1.52. The molecular formula is C15H20ClNO2S. The Morgan fingerprint density at radius 3 is 2.85 bits per heavy atom. The summed E-state index contributed by atoms with van der Waals surface area (Å²) in [6.07, 6.45) is 5.71. The zero-order valence-corrected chi connectivity index (χ0v) is 13.3. The topological polar surface area (TPSA) is 49.3 Å². The van der Waals surface area contributed by atoms with Crippen LogP contribution in [0.5, 0.6) is 0 Å². The molecule has 0 aliphatic heterocycles. The van der Waals surface area contributed by atoms with Crippen LogP contribution in [-0.2, 0) is 4.79 Å². The number of hydrogen-bond donors (Lipinski definition) is 2. The van der Waals surface area contributed by atoms with E-state index < -0.39 is 5.60 Å².